The molecule has 8 heteroatoms. The van der Waals surface area contributed by atoms with Gasteiger partial charge in [0.1, 0.15) is 18.9 Å². The van der Waals surface area contributed by atoms with Crippen LogP contribution in [0.4, 0.5) is 5.69 Å². The summed E-state index contributed by atoms with van der Waals surface area (Å²) in [7, 11) is -3.76. The number of benzene rings is 1. The van der Waals surface area contributed by atoms with Crippen molar-refractivity contribution in [3.63, 3.8) is 0 Å². The topological polar surface area (TPSA) is 90.7 Å². The summed E-state index contributed by atoms with van der Waals surface area (Å²) in [5.74, 6) is 1.36. The molecule has 0 spiro atoms. The maximum atomic E-state index is 12.4. The van der Waals surface area contributed by atoms with Crippen LogP contribution in [-0.4, -0.2) is 26.8 Å². The molecule has 1 aromatic carbocycles. The molecule has 0 atom stereocenters. The number of aromatic nitrogens is 1. The van der Waals surface area contributed by atoms with Gasteiger partial charge in [0.05, 0.1) is 5.69 Å². The summed E-state index contributed by atoms with van der Waals surface area (Å²) in [6.07, 6.45) is 0. The van der Waals surface area contributed by atoms with Crippen molar-refractivity contribution in [3.8, 4) is 11.5 Å². The molecule has 1 aliphatic rings. The molecule has 112 valence electrons. The molecule has 1 N–H and O–H groups in total. The van der Waals surface area contributed by atoms with E-state index in [2.05, 4.69) is 9.88 Å². The summed E-state index contributed by atoms with van der Waals surface area (Å²) in [5, 5.41) is 3.66. The van der Waals surface area contributed by atoms with Gasteiger partial charge in [-0.15, -0.1) is 0 Å². The smallest absolute Gasteiger partial charge is 0.267 e. The molecule has 0 aliphatic carbocycles. The fourth-order valence-corrected chi connectivity index (χ4v) is 3.55. The zero-order chi connectivity index (χ0) is 15.0. The molecule has 3 rings (SSSR count). The van der Waals surface area contributed by atoms with E-state index < -0.39 is 10.0 Å². The minimum absolute atomic E-state index is 0.0531. The Kier molecular flexibility index (Phi) is 3.25. The zero-order valence-electron chi connectivity index (χ0n) is 11.5. The van der Waals surface area contributed by atoms with Crippen LogP contribution in [0.15, 0.2) is 27.6 Å². The molecule has 21 heavy (non-hydrogen) atoms. The molecule has 2 aromatic rings. The minimum Gasteiger partial charge on any atom is -0.486 e. The van der Waals surface area contributed by atoms with E-state index in [1.165, 1.54) is 0 Å². The van der Waals surface area contributed by atoms with Gasteiger partial charge in [-0.3, -0.25) is 4.72 Å². The van der Waals surface area contributed by atoms with Crippen molar-refractivity contribution in [1.82, 2.24) is 5.16 Å². The van der Waals surface area contributed by atoms with Crippen LogP contribution < -0.4 is 14.2 Å². The highest BCUT2D eigenvalue weighted by molar-refractivity contribution is 7.92. The van der Waals surface area contributed by atoms with Gasteiger partial charge in [0.25, 0.3) is 10.0 Å². The third-order valence-electron chi connectivity index (χ3n) is 3.03. The maximum absolute atomic E-state index is 12.4. The lowest BCUT2D eigenvalue weighted by atomic mass is 10.3. The summed E-state index contributed by atoms with van der Waals surface area (Å²) < 4.78 is 43.0. The lowest BCUT2D eigenvalue weighted by Gasteiger charge is -2.19. The molecule has 1 aliphatic heterocycles. The SMILES string of the molecule is Cc1noc(C)c1S(=O)(=O)Nc1ccc2c(c1)OCCO2. The van der Waals surface area contributed by atoms with Crippen LogP contribution in [0.1, 0.15) is 11.5 Å². The number of sulfonamides is 1. The molecule has 0 radical (unpaired) electrons. The Labute approximate surface area is 121 Å². The quantitative estimate of drug-likeness (QED) is 0.930. The van der Waals surface area contributed by atoms with Gasteiger partial charge in [-0.25, -0.2) is 8.42 Å². The van der Waals surface area contributed by atoms with Crippen molar-refractivity contribution in [2.45, 2.75) is 18.7 Å². The normalized spacial score (nSPS) is 14.0. The van der Waals surface area contributed by atoms with Crippen LogP contribution in [0.25, 0.3) is 0 Å². The van der Waals surface area contributed by atoms with E-state index in [1.807, 2.05) is 0 Å². The van der Waals surface area contributed by atoms with Crippen molar-refractivity contribution in [2.24, 2.45) is 0 Å². The van der Waals surface area contributed by atoms with Crippen LogP contribution in [0.3, 0.4) is 0 Å². The predicted molar refractivity (Wildman–Crippen MR) is 74.2 cm³/mol. The van der Waals surface area contributed by atoms with Gasteiger partial charge in [0.2, 0.25) is 0 Å². The fraction of sp³-hybridized carbons (Fsp3) is 0.308. The second kappa shape index (κ2) is 4.96. The molecule has 2 heterocycles. The van der Waals surface area contributed by atoms with Crippen molar-refractivity contribution in [1.29, 1.82) is 0 Å². The Hall–Kier alpha value is -2.22. The van der Waals surface area contributed by atoms with Crippen molar-refractivity contribution >= 4 is 15.7 Å². The van der Waals surface area contributed by atoms with E-state index >= 15 is 0 Å². The molecular weight excluding hydrogens is 296 g/mol. The molecule has 1 aromatic heterocycles. The van der Waals surface area contributed by atoms with Gasteiger partial charge in [-0.05, 0) is 26.0 Å². The summed E-state index contributed by atoms with van der Waals surface area (Å²) in [4.78, 5) is 0.0531. The first-order valence-corrected chi connectivity index (χ1v) is 7.81. The largest absolute Gasteiger partial charge is 0.486 e. The van der Waals surface area contributed by atoms with Crippen molar-refractivity contribution in [2.75, 3.05) is 17.9 Å². The first-order valence-electron chi connectivity index (χ1n) is 6.33. The number of nitrogens with one attached hydrogen (secondary N) is 1. The van der Waals surface area contributed by atoms with Gasteiger partial charge in [0, 0.05) is 6.07 Å². The average molecular weight is 310 g/mol. The van der Waals surface area contributed by atoms with Crippen LogP contribution >= 0.6 is 0 Å². The lowest BCUT2D eigenvalue weighted by molar-refractivity contribution is 0.171. The lowest BCUT2D eigenvalue weighted by Crippen LogP contribution is -2.17. The third-order valence-corrected chi connectivity index (χ3v) is 4.66. The van der Waals surface area contributed by atoms with E-state index in [0.717, 1.165) is 0 Å². The Bertz CT molecular complexity index is 762. The number of rotatable bonds is 3. The second-order valence-corrected chi connectivity index (χ2v) is 6.24. The zero-order valence-corrected chi connectivity index (χ0v) is 12.4. The number of nitrogens with zero attached hydrogens (tertiary/aromatic N) is 1. The van der Waals surface area contributed by atoms with Gasteiger partial charge in [-0.1, -0.05) is 5.16 Å². The number of hydrogen-bond donors (Lipinski definition) is 1. The summed E-state index contributed by atoms with van der Waals surface area (Å²) in [6.45, 7) is 4.05. The number of fused-ring (bicyclic) bond motifs is 1. The highest BCUT2D eigenvalue weighted by Gasteiger charge is 2.24. The average Bonchev–Trinajstić information content (AvgIpc) is 2.78. The van der Waals surface area contributed by atoms with Crippen LogP contribution in [0.5, 0.6) is 11.5 Å². The minimum atomic E-state index is -3.76. The van der Waals surface area contributed by atoms with E-state index in [9.17, 15) is 8.42 Å². The number of aryl methyl sites for hydroxylation is 2. The Morgan fingerprint density at radius 3 is 2.52 bits per heavy atom. The molecule has 0 unspecified atom stereocenters. The van der Waals surface area contributed by atoms with Crippen LogP contribution in [0, 0.1) is 13.8 Å². The molecule has 0 saturated carbocycles. The molecule has 0 saturated heterocycles. The Morgan fingerprint density at radius 2 is 1.86 bits per heavy atom. The molecule has 0 bridgehead atoms. The Morgan fingerprint density at radius 1 is 1.14 bits per heavy atom. The fourth-order valence-electron chi connectivity index (χ4n) is 2.17. The highest BCUT2D eigenvalue weighted by atomic mass is 32.2. The molecule has 7 nitrogen and oxygen atoms in total. The van der Waals surface area contributed by atoms with Gasteiger partial charge >= 0.3 is 0 Å². The monoisotopic (exact) mass is 310 g/mol. The summed E-state index contributed by atoms with van der Waals surface area (Å²) >= 11 is 0. The maximum Gasteiger partial charge on any atom is 0.267 e. The van der Waals surface area contributed by atoms with Gasteiger partial charge in [-0.2, -0.15) is 0 Å². The van der Waals surface area contributed by atoms with Gasteiger partial charge < -0.3 is 14.0 Å². The third kappa shape index (κ3) is 2.54. The van der Waals surface area contributed by atoms with Crippen LogP contribution in [-0.2, 0) is 10.0 Å². The summed E-state index contributed by atoms with van der Waals surface area (Å²) in [6, 6.07) is 4.87. The molecular formula is C13H14N2O5S. The van der Waals surface area contributed by atoms with E-state index in [-0.39, 0.29) is 10.7 Å². The highest BCUT2D eigenvalue weighted by Crippen LogP contribution is 2.33. The standard InChI is InChI=1S/C13H14N2O5S/c1-8-13(9(2)20-14-8)21(16,17)15-10-3-4-11-12(7-10)19-6-5-18-11/h3-4,7,15H,5-6H2,1-2H3. The first kappa shape index (κ1) is 13.7. The number of hydrogen-bond acceptors (Lipinski definition) is 6. The Balaban J connectivity index is 1.93. The summed E-state index contributed by atoms with van der Waals surface area (Å²) in [5.41, 5.74) is 0.705. The van der Waals surface area contributed by atoms with Crippen LogP contribution in [0.2, 0.25) is 0 Å². The van der Waals surface area contributed by atoms with Crippen molar-refractivity contribution < 1.29 is 22.4 Å². The van der Waals surface area contributed by atoms with E-state index in [1.54, 1.807) is 32.0 Å². The molecule has 0 fully saturated rings. The predicted octanol–water partition coefficient (Wildman–Crippen LogP) is 1.86. The number of anilines is 1. The van der Waals surface area contributed by atoms with E-state index in [0.29, 0.717) is 36.1 Å². The second-order valence-electron chi connectivity index (χ2n) is 4.62. The molecule has 0 amide bonds. The number of ether oxygens (including phenoxy) is 2. The van der Waals surface area contributed by atoms with Crippen molar-refractivity contribution in [3.05, 3.63) is 29.7 Å². The van der Waals surface area contributed by atoms with E-state index in [4.69, 9.17) is 14.0 Å². The van der Waals surface area contributed by atoms with Gasteiger partial charge in [0.15, 0.2) is 22.2 Å². The first-order chi connectivity index (χ1) is 9.97.